The van der Waals surface area contributed by atoms with Crippen LogP contribution in [0.1, 0.15) is 35.4 Å². The van der Waals surface area contributed by atoms with Gasteiger partial charge < -0.3 is 5.11 Å². The van der Waals surface area contributed by atoms with Gasteiger partial charge in [-0.2, -0.15) is 18.3 Å². The van der Waals surface area contributed by atoms with Crippen molar-refractivity contribution in [2.24, 2.45) is 0 Å². The first kappa shape index (κ1) is 15.7. The zero-order valence-corrected chi connectivity index (χ0v) is 12.4. The number of halogens is 3. The van der Waals surface area contributed by atoms with E-state index in [0.29, 0.717) is 36.4 Å². The maximum Gasteiger partial charge on any atom is 0.443 e. The van der Waals surface area contributed by atoms with E-state index in [1.54, 1.807) is 0 Å². The van der Waals surface area contributed by atoms with Crippen molar-refractivity contribution < 1.29 is 23.1 Å². The van der Waals surface area contributed by atoms with Crippen molar-refractivity contribution in [2.45, 2.75) is 38.0 Å². The molecule has 0 bridgehead atoms. The van der Waals surface area contributed by atoms with Crippen LogP contribution in [0.3, 0.4) is 0 Å². The average Bonchev–Trinajstić information content (AvgIpc) is 3.05. The molecule has 0 aliphatic carbocycles. The molecule has 0 fully saturated rings. The molecule has 1 unspecified atom stereocenters. The third-order valence-corrected chi connectivity index (χ3v) is 4.46. The summed E-state index contributed by atoms with van der Waals surface area (Å²) < 4.78 is 39.7. The van der Waals surface area contributed by atoms with Crippen LogP contribution in [0.2, 0.25) is 0 Å². The second-order valence-corrected chi connectivity index (χ2v) is 5.97. The van der Waals surface area contributed by atoms with E-state index in [1.165, 1.54) is 5.38 Å². The van der Waals surface area contributed by atoms with Gasteiger partial charge >= 0.3 is 17.8 Å². The zero-order chi connectivity index (χ0) is 16.8. The van der Waals surface area contributed by atoms with Crippen LogP contribution in [-0.2, 0) is 23.9 Å². The number of aliphatic carboxylic acids is 1. The molecule has 0 saturated heterocycles. The second-order valence-electron chi connectivity index (χ2n) is 5.11. The highest BCUT2D eigenvalue weighted by Gasteiger charge is 2.35. The summed E-state index contributed by atoms with van der Waals surface area (Å²) in [7, 11) is 0. The number of carboxylic acid groups (broad SMARTS) is 1. The average molecular weight is 348 g/mol. The first-order valence-electron chi connectivity index (χ1n) is 6.70. The van der Waals surface area contributed by atoms with Gasteiger partial charge in [-0.15, -0.1) is 11.3 Å². The number of carboxylic acids is 1. The van der Waals surface area contributed by atoms with E-state index in [2.05, 4.69) is 10.1 Å². The van der Waals surface area contributed by atoms with E-state index in [0.717, 1.165) is 9.25 Å². The molecule has 0 amide bonds. The van der Waals surface area contributed by atoms with Gasteiger partial charge in [-0.05, 0) is 12.8 Å². The van der Waals surface area contributed by atoms with Crippen molar-refractivity contribution in [2.75, 3.05) is 0 Å². The third-order valence-electron chi connectivity index (χ3n) is 3.52. The third kappa shape index (κ3) is 2.87. The van der Waals surface area contributed by atoms with Crippen molar-refractivity contribution >= 4 is 17.3 Å². The van der Waals surface area contributed by atoms with Gasteiger partial charge in [0.15, 0.2) is 5.01 Å². The molecule has 124 valence electrons. The molecule has 3 rings (SSSR count). The van der Waals surface area contributed by atoms with Crippen molar-refractivity contribution in [3.63, 3.8) is 0 Å². The molecule has 1 atom stereocenters. The lowest BCUT2D eigenvalue weighted by Crippen LogP contribution is -2.34. The number of rotatable bonds is 3. The summed E-state index contributed by atoms with van der Waals surface area (Å²) >= 11 is 0.442. The Morgan fingerprint density at radius 2 is 2.22 bits per heavy atom. The highest BCUT2D eigenvalue weighted by atomic mass is 32.1. The topological polar surface area (TPSA) is 90.0 Å². The summed E-state index contributed by atoms with van der Waals surface area (Å²) in [6, 6.07) is -0.985. The largest absolute Gasteiger partial charge is 0.480 e. The quantitative estimate of drug-likeness (QED) is 0.908. The standard InChI is InChI=1S/C12H11F3N4O3S/c13-12(14,15)10-16-6(5-23-10)4-18-11(22)19-7(9(20)21)2-1-3-8(19)17-18/h5,7H,1-4H2,(H,20,21). The maximum absolute atomic E-state index is 12.5. The molecule has 0 saturated carbocycles. The van der Waals surface area contributed by atoms with E-state index in [-0.39, 0.29) is 12.2 Å². The SMILES string of the molecule is O=C(O)C1CCCc2nn(Cc3csc(C(F)(F)F)n3)c(=O)n21. The summed E-state index contributed by atoms with van der Waals surface area (Å²) in [6.07, 6.45) is -3.17. The second kappa shape index (κ2) is 5.48. The van der Waals surface area contributed by atoms with Crippen LogP contribution in [0.4, 0.5) is 13.2 Å². The molecule has 1 N–H and O–H groups in total. The molecule has 2 aromatic rings. The van der Waals surface area contributed by atoms with Gasteiger partial charge in [0.25, 0.3) is 0 Å². The monoisotopic (exact) mass is 348 g/mol. The van der Waals surface area contributed by atoms with Crippen LogP contribution in [0.5, 0.6) is 0 Å². The summed E-state index contributed by atoms with van der Waals surface area (Å²) in [5.41, 5.74) is -0.583. The van der Waals surface area contributed by atoms with Gasteiger partial charge in [-0.25, -0.2) is 19.3 Å². The zero-order valence-electron chi connectivity index (χ0n) is 11.6. The van der Waals surface area contributed by atoms with Crippen LogP contribution in [0, 0.1) is 0 Å². The van der Waals surface area contributed by atoms with Crippen LogP contribution in [0.25, 0.3) is 0 Å². The summed E-state index contributed by atoms with van der Waals surface area (Å²) in [5.74, 6) is -0.791. The molecule has 0 radical (unpaired) electrons. The van der Waals surface area contributed by atoms with E-state index < -0.39 is 28.9 Å². The van der Waals surface area contributed by atoms with Gasteiger partial charge in [0, 0.05) is 11.8 Å². The fraction of sp³-hybridized carbons (Fsp3) is 0.500. The Hall–Kier alpha value is -2.17. The van der Waals surface area contributed by atoms with Crippen LogP contribution < -0.4 is 5.69 Å². The Labute approximate surface area is 131 Å². The number of aryl methyl sites for hydroxylation is 1. The van der Waals surface area contributed by atoms with Crippen molar-refractivity contribution in [1.29, 1.82) is 0 Å². The smallest absolute Gasteiger partial charge is 0.443 e. The first-order chi connectivity index (χ1) is 10.8. The lowest BCUT2D eigenvalue weighted by molar-refractivity contribution is -0.141. The Balaban J connectivity index is 1.92. The number of carbonyl (C=O) groups is 1. The normalized spacial score (nSPS) is 18.0. The lowest BCUT2D eigenvalue weighted by atomic mass is 10.1. The molecule has 23 heavy (non-hydrogen) atoms. The minimum absolute atomic E-state index is 0.0618. The maximum atomic E-state index is 12.5. The fourth-order valence-corrected chi connectivity index (χ4v) is 3.21. The lowest BCUT2D eigenvalue weighted by Gasteiger charge is -2.19. The number of nitrogens with zero attached hydrogens (tertiary/aromatic N) is 4. The predicted octanol–water partition coefficient (Wildman–Crippen LogP) is 1.53. The Bertz CT molecular complexity index is 807. The molecule has 1 aliphatic heterocycles. The van der Waals surface area contributed by atoms with Gasteiger partial charge in [-0.1, -0.05) is 0 Å². The van der Waals surface area contributed by atoms with Crippen LogP contribution in [0.15, 0.2) is 10.2 Å². The van der Waals surface area contributed by atoms with Crippen molar-refractivity contribution in [1.82, 2.24) is 19.3 Å². The molecule has 0 spiro atoms. The number of thiazole rings is 1. The number of fused-ring (bicyclic) bond motifs is 1. The van der Waals surface area contributed by atoms with Crippen LogP contribution >= 0.6 is 11.3 Å². The number of hydrogen-bond acceptors (Lipinski definition) is 5. The fourth-order valence-electron chi connectivity index (χ4n) is 2.53. The highest BCUT2D eigenvalue weighted by molar-refractivity contribution is 7.09. The Kier molecular flexibility index (Phi) is 3.74. The van der Waals surface area contributed by atoms with E-state index in [4.69, 9.17) is 5.11 Å². The minimum Gasteiger partial charge on any atom is -0.480 e. The summed E-state index contributed by atoms with van der Waals surface area (Å²) in [4.78, 5) is 27.0. The van der Waals surface area contributed by atoms with E-state index in [1.807, 2.05) is 0 Å². The molecule has 3 heterocycles. The molecule has 2 aromatic heterocycles. The first-order valence-corrected chi connectivity index (χ1v) is 7.58. The van der Waals surface area contributed by atoms with Crippen LogP contribution in [-0.4, -0.2) is 30.4 Å². The summed E-state index contributed by atoms with van der Waals surface area (Å²) in [5, 5.41) is 13.4. The molecular weight excluding hydrogens is 337 g/mol. The van der Waals surface area contributed by atoms with Gasteiger partial charge in [0.2, 0.25) is 0 Å². The molecular formula is C12H11F3N4O3S. The highest BCUT2D eigenvalue weighted by Crippen LogP contribution is 2.31. The number of alkyl halides is 3. The Morgan fingerprint density at radius 1 is 1.48 bits per heavy atom. The van der Waals surface area contributed by atoms with Gasteiger partial charge in [0.05, 0.1) is 12.2 Å². The minimum atomic E-state index is -4.53. The molecule has 0 aromatic carbocycles. The van der Waals surface area contributed by atoms with Crippen molar-refractivity contribution in [3.05, 3.63) is 32.4 Å². The number of aromatic nitrogens is 4. The van der Waals surface area contributed by atoms with E-state index >= 15 is 0 Å². The molecule has 11 heteroatoms. The van der Waals surface area contributed by atoms with Crippen molar-refractivity contribution in [3.8, 4) is 0 Å². The predicted molar refractivity (Wildman–Crippen MR) is 72.3 cm³/mol. The van der Waals surface area contributed by atoms with E-state index in [9.17, 15) is 22.8 Å². The number of hydrogen-bond donors (Lipinski definition) is 1. The molecule has 1 aliphatic rings. The van der Waals surface area contributed by atoms with Gasteiger partial charge in [-0.3, -0.25) is 4.57 Å². The molecule has 7 nitrogen and oxygen atoms in total. The summed E-state index contributed by atoms with van der Waals surface area (Å²) in [6.45, 7) is -0.224. The Morgan fingerprint density at radius 3 is 2.83 bits per heavy atom. The van der Waals surface area contributed by atoms with Gasteiger partial charge in [0.1, 0.15) is 11.9 Å².